The van der Waals surface area contributed by atoms with Crippen LogP contribution in [0.5, 0.6) is 0 Å². The number of nitrogens with zero attached hydrogens (tertiary/aromatic N) is 1. The van der Waals surface area contributed by atoms with E-state index in [9.17, 15) is 4.79 Å². The first kappa shape index (κ1) is 13.8. The van der Waals surface area contributed by atoms with E-state index in [2.05, 4.69) is 31.5 Å². The molecule has 2 N–H and O–H groups in total. The van der Waals surface area contributed by atoms with Gasteiger partial charge in [-0.1, -0.05) is 11.6 Å². The van der Waals surface area contributed by atoms with Crippen molar-refractivity contribution in [2.45, 2.75) is 0 Å². The molecule has 0 aliphatic carbocycles. The predicted octanol–water partition coefficient (Wildman–Crippen LogP) is 3.79. The average molecular weight is 341 g/mol. The van der Waals surface area contributed by atoms with Crippen LogP contribution in [0.1, 0.15) is 10.5 Å². The fourth-order valence-corrected chi connectivity index (χ4v) is 1.94. The smallest absolute Gasteiger partial charge is 0.274 e. The topological polar surface area (TPSA) is 54.0 Å². The maximum absolute atomic E-state index is 12.0. The third kappa shape index (κ3) is 3.45. The third-order valence-electron chi connectivity index (χ3n) is 2.46. The van der Waals surface area contributed by atoms with Crippen LogP contribution in [0.3, 0.4) is 0 Å². The number of carbonyl (C=O) groups is 1. The number of pyridine rings is 1. The lowest BCUT2D eigenvalue weighted by Gasteiger charge is -2.06. The first-order valence-corrected chi connectivity index (χ1v) is 6.67. The zero-order chi connectivity index (χ0) is 13.8. The summed E-state index contributed by atoms with van der Waals surface area (Å²) in [6.45, 7) is 0. The number of hydrogen-bond acceptors (Lipinski definition) is 3. The van der Waals surface area contributed by atoms with Crippen molar-refractivity contribution < 1.29 is 4.79 Å². The molecule has 0 aliphatic rings. The molecule has 0 saturated carbocycles. The Hall–Kier alpha value is -1.59. The highest BCUT2D eigenvalue weighted by atomic mass is 79.9. The van der Waals surface area contributed by atoms with Gasteiger partial charge in [0.2, 0.25) is 0 Å². The van der Waals surface area contributed by atoms with Crippen molar-refractivity contribution in [2.75, 3.05) is 17.7 Å². The molecule has 4 nitrogen and oxygen atoms in total. The molecule has 0 bridgehead atoms. The van der Waals surface area contributed by atoms with Crippen molar-refractivity contribution in [3.8, 4) is 0 Å². The van der Waals surface area contributed by atoms with Crippen LogP contribution in [0.25, 0.3) is 0 Å². The van der Waals surface area contributed by atoms with E-state index in [0.717, 1.165) is 10.2 Å². The molecule has 2 rings (SSSR count). The van der Waals surface area contributed by atoms with E-state index < -0.39 is 0 Å². The number of anilines is 2. The maximum Gasteiger partial charge on any atom is 0.274 e. The number of benzene rings is 1. The summed E-state index contributed by atoms with van der Waals surface area (Å²) in [7, 11) is 1.79. The van der Waals surface area contributed by atoms with Gasteiger partial charge in [0.15, 0.2) is 0 Å². The first-order chi connectivity index (χ1) is 9.10. The summed E-state index contributed by atoms with van der Waals surface area (Å²) in [5.41, 5.74) is 1.86. The minimum atomic E-state index is -0.267. The number of aromatic nitrogens is 1. The normalized spacial score (nSPS) is 10.1. The predicted molar refractivity (Wildman–Crippen MR) is 80.9 cm³/mol. The van der Waals surface area contributed by atoms with Gasteiger partial charge in [-0.3, -0.25) is 4.79 Å². The molecule has 0 aliphatic heterocycles. The molecule has 1 aromatic carbocycles. The number of halogens is 2. The van der Waals surface area contributed by atoms with Gasteiger partial charge >= 0.3 is 0 Å². The van der Waals surface area contributed by atoms with Gasteiger partial charge in [-0.25, -0.2) is 4.98 Å². The Kier molecular flexibility index (Phi) is 4.39. The van der Waals surface area contributed by atoms with Crippen molar-refractivity contribution in [3.63, 3.8) is 0 Å². The van der Waals surface area contributed by atoms with Crippen LogP contribution in [-0.2, 0) is 0 Å². The molecule has 0 unspecified atom stereocenters. The van der Waals surface area contributed by atoms with E-state index in [1.54, 1.807) is 43.6 Å². The quantitative estimate of drug-likeness (QED) is 0.894. The molecular formula is C13H11BrClN3O. The van der Waals surface area contributed by atoms with Crippen LogP contribution in [0, 0.1) is 0 Å². The van der Waals surface area contributed by atoms with Gasteiger partial charge < -0.3 is 10.6 Å². The van der Waals surface area contributed by atoms with Gasteiger partial charge in [-0.2, -0.15) is 0 Å². The maximum atomic E-state index is 12.0. The summed E-state index contributed by atoms with van der Waals surface area (Å²) in [6.07, 6.45) is 1.60. The van der Waals surface area contributed by atoms with Crippen LogP contribution < -0.4 is 10.6 Å². The van der Waals surface area contributed by atoms with Gasteiger partial charge in [-0.05, 0) is 46.3 Å². The summed E-state index contributed by atoms with van der Waals surface area (Å²) in [6, 6.07) is 8.62. The largest absolute Gasteiger partial charge is 0.387 e. The van der Waals surface area contributed by atoms with Crippen molar-refractivity contribution >= 4 is 44.8 Å². The fraction of sp³-hybridized carbons (Fsp3) is 0.0769. The molecule has 0 fully saturated rings. The molecular weight excluding hydrogens is 330 g/mol. The Bertz CT molecular complexity index is 601. The lowest BCUT2D eigenvalue weighted by molar-refractivity contribution is 0.102. The number of amides is 1. The van der Waals surface area contributed by atoms with Gasteiger partial charge in [0, 0.05) is 17.2 Å². The van der Waals surface area contributed by atoms with Crippen LogP contribution in [0.4, 0.5) is 11.4 Å². The Balaban J connectivity index is 2.13. The molecule has 0 saturated heterocycles. The summed E-state index contributed by atoms with van der Waals surface area (Å²) in [4.78, 5) is 16.0. The molecule has 1 aromatic heterocycles. The average Bonchev–Trinajstić information content (AvgIpc) is 2.43. The van der Waals surface area contributed by atoms with Gasteiger partial charge in [-0.15, -0.1) is 0 Å². The van der Waals surface area contributed by atoms with Crippen LogP contribution in [0.15, 0.2) is 41.0 Å². The van der Waals surface area contributed by atoms with Gasteiger partial charge in [0.25, 0.3) is 5.91 Å². The van der Waals surface area contributed by atoms with E-state index in [1.165, 1.54) is 0 Å². The summed E-state index contributed by atoms with van der Waals surface area (Å²) in [5.74, 6) is -0.267. The van der Waals surface area contributed by atoms with Crippen molar-refractivity contribution in [1.29, 1.82) is 0 Å². The number of hydrogen-bond donors (Lipinski definition) is 2. The van der Waals surface area contributed by atoms with Gasteiger partial charge in [0.1, 0.15) is 5.69 Å². The van der Waals surface area contributed by atoms with E-state index in [1.807, 2.05) is 0 Å². The molecule has 6 heteroatoms. The molecule has 0 spiro atoms. The second-order valence-corrected chi connectivity index (χ2v) is 5.03. The van der Waals surface area contributed by atoms with Crippen LogP contribution in [-0.4, -0.2) is 17.9 Å². The zero-order valence-corrected chi connectivity index (χ0v) is 12.4. The summed E-state index contributed by atoms with van der Waals surface area (Å²) < 4.78 is 0.727. The van der Waals surface area contributed by atoms with E-state index in [0.29, 0.717) is 16.4 Å². The van der Waals surface area contributed by atoms with Crippen LogP contribution >= 0.6 is 27.5 Å². The SMILES string of the molecule is CNc1ccc(C(=O)Nc2ccc(Cl)c(Br)c2)nc1. The Morgan fingerprint density at radius 3 is 2.58 bits per heavy atom. The highest BCUT2D eigenvalue weighted by Gasteiger charge is 2.08. The molecule has 1 amide bonds. The number of carbonyl (C=O) groups excluding carboxylic acids is 1. The highest BCUT2D eigenvalue weighted by Crippen LogP contribution is 2.25. The molecule has 0 atom stereocenters. The van der Waals surface area contributed by atoms with Crippen molar-refractivity contribution in [2.24, 2.45) is 0 Å². The summed E-state index contributed by atoms with van der Waals surface area (Å²) >= 11 is 9.19. The van der Waals surface area contributed by atoms with Crippen LogP contribution in [0.2, 0.25) is 5.02 Å². The Morgan fingerprint density at radius 2 is 2.00 bits per heavy atom. The lowest BCUT2D eigenvalue weighted by atomic mass is 10.3. The van der Waals surface area contributed by atoms with Crippen molar-refractivity contribution in [3.05, 3.63) is 51.7 Å². The first-order valence-electron chi connectivity index (χ1n) is 5.50. The van der Waals surface area contributed by atoms with E-state index in [4.69, 9.17) is 11.6 Å². The Labute approximate surface area is 124 Å². The van der Waals surface area contributed by atoms with Crippen molar-refractivity contribution in [1.82, 2.24) is 4.98 Å². The monoisotopic (exact) mass is 339 g/mol. The van der Waals surface area contributed by atoms with Gasteiger partial charge in [0.05, 0.1) is 16.9 Å². The lowest BCUT2D eigenvalue weighted by Crippen LogP contribution is -2.13. The van der Waals surface area contributed by atoms with E-state index >= 15 is 0 Å². The second kappa shape index (κ2) is 6.04. The molecule has 19 heavy (non-hydrogen) atoms. The number of nitrogens with one attached hydrogen (secondary N) is 2. The molecule has 98 valence electrons. The highest BCUT2D eigenvalue weighted by molar-refractivity contribution is 9.10. The second-order valence-electron chi connectivity index (χ2n) is 3.77. The molecule has 1 heterocycles. The Morgan fingerprint density at radius 1 is 1.26 bits per heavy atom. The third-order valence-corrected chi connectivity index (χ3v) is 3.68. The summed E-state index contributed by atoms with van der Waals surface area (Å²) in [5, 5.41) is 6.29. The number of rotatable bonds is 3. The zero-order valence-electron chi connectivity index (χ0n) is 10.1. The molecule has 2 aromatic rings. The van der Waals surface area contributed by atoms with E-state index in [-0.39, 0.29) is 5.91 Å². The standard InChI is InChI=1S/C13H11BrClN3O/c1-16-9-3-5-12(17-7-9)13(19)18-8-2-4-11(15)10(14)6-8/h2-7,16H,1H3,(H,18,19). The fourth-order valence-electron chi connectivity index (χ4n) is 1.45. The minimum Gasteiger partial charge on any atom is -0.387 e. The molecule has 0 radical (unpaired) electrons. The minimum absolute atomic E-state index is 0.267.